The van der Waals surface area contributed by atoms with Gasteiger partial charge in [-0.25, -0.2) is 4.39 Å². The third-order valence-corrected chi connectivity index (χ3v) is 4.03. The molecular weight excluding hydrogens is 251 g/mol. The van der Waals surface area contributed by atoms with Crippen LogP contribution in [-0.2, 0) is 6.54 Å². The van der Waals surface area contributed by atoms with E-state index < -0.39 is 0 Å². The van der Waals surface area contributed by atoms with E-state index in [1.54, 1.807) is 6.07 Å². The van der Waals surface area contributed by atoms with Gasteiger partial charge in [0.2, 0.25) is 0 Å². The SMILES string of the molecule is CCCNCc1c(F)cccc1N1CC(C)CC(C)C1. The standard InChI is InChI=1S/C17H27FN2/c1-4-8-19-10-15-16(18)6-5-7-17(15)20-11-13(2)9-14(3)12-20/h5-7,13-14,19H,4,8-12H2,1-3H3. The summed E-state index contributed by atoms with van der Waals surface area (Å²) in [4.78, 5) is 2.37. The maximum Gasteiger partial charge on any atom is 0.129 e. The fourth-order valence-corrected chi connectivity index (χ4v) is 3.27. The molecule has 2 nitrogen and oxygen atoms in total. The van der Waals surface area contributed by atoms with Gasteiger partial charge in [0.05, 0.1) is 0 Å². The molecule has 0 bridgehead atoms. The van der Waals surface area contributed by atoms with Gasteiger partial charge >= 0.3 is 0 Å². The van der Waals surface area contributed by atoms with Crippen LogP contribution in [0, 0.1) is 17.7 Å². The number of piperidine rings is 1. The predicted molar refractivity (Wildman–Crippen MR) is 83.6 cm³/mol. The Morgan fingerprint density at radius 2 is 1.95 bits per heavy atom. The van der Waals surface area contributed by atoms with Gasteiger partial charge in [-0.3, -0.25) is 0 Å². The van der Waals surface area contributed by atoms with Gasteiger partial charge in [-0.15, -0.1) is 0 Å². The molecule has 3 heteroatoms. The van der Waals surface area contributed by atoms with Crippen LogP contribution in [0.3, 0.4) is 0 Å². The van der Waals surface area contributed by atoms with Crippen LogP contribution in [-0.4, -0.2) is 19.6 Å². The van der Waals surface area contributed by atoms with E-state index in [1.165, 1.54) is 6.42 Å². The first kappa shape index (κ1) is 15.3. The minimum absolute atomic E-state index is 0.0861. The van der Waals surface area contributed by atoms with Gasteiger partial charge in [0.1, 0.15) is 5.82 Å². The molecule has 2 atom stereocenters. The van der Waals surface area contributed by atoms with Crippen molar-refractivity contribution in [3.8, 4) is 0 Å². The molecule has 1 saturated heterocycles. The highest BCUT2D eigenvalue weighted by Crippen LogP contribution is 2.30. The van der Waals surface area contributed by atoms with Crippen LogP contribution in [0.25, 0.3) is 0 Å². The molecule has 1 N–H and O–H groups in total. The second-order valence-electron chi connectivity index (χ2n) is 6.27. The van der Waals surface area contributed by atoms with Crippen molar-refractivity contribution in [2.45, 2.75) is 40.2 Å². The van der Waals surface area contributed by atoms with Crippen molar-refractivity contribution in [3.63, 3.8) is 0 Å². The van der Waals surface area contributed by atoms with Crippen molar-refractivity contribution in [2.24, 2.45) is 11.8 Å². The lowest BCUT2D eigenvalue weighted by Crippen LogP contribution is -2.39. The topological polar surface area (TPSA) is 15.3 Å². The highest BCUT2D eigenvalue weighted by molar-refractivity contribution is 5.54. The fourth-order valence-electron chi connectivity index (χ4n) is 3.27. The number of hydrogen-bond donors (Lipinski definition) is 1. The van der Waals surface area contributed by atoms with Gasteiger partial charge in [0, 0.05) is 30.9 Å². The molecule has 1 aromatic carbocycles. The molecule has 1 aliphatic heterocycles. The summed E-state index contributed by atoms with van der Waals surface area (Å²) in [5.41, 5.74) is 1.90. The van der Waals surface area contributed by atoms with Crippen LogP contribution < -0.4 is 10.2 Å². The molecule has 0 amide bonds. The van der Waals surface area contributed by atoms with Crippen molar-refractivity contribution in [2.75, 3.05) is 24.5 Å². The molecule has 1 aliphatic rings. The summed E-state index contributed by atoms with van der Waals surface area (Å²) >= 11 is 0. The van der Waals surface area contributed by atoms with Crippen LogP contribution in [0.15, 0.2) is 18.2 Å². The summed E-state index contributed by atoms with van der Waals surface area (Å²) < 4.78 is 14.2. The monoisotopic (exact) mass is 278 g/mol. The molecular formula is C17H27FN2. The van der Waals surface area contributed by atoms with E-state index in [4.69, 9.17) is 0 Å². The predicted octanol–water partition coefficient (Wildman–Crippen LogP) is 3.81. The molecule has 2 rings (SSSR count). The average molecular weight is 278 g/mol. The molecule has 1 fully saturated rings. The minimum Gasteiger partial charge on any atom is -0.371 e. The number of nitrogens with zero attached hydrogens (tertiary/aromatic N) is 1. The maximum atomic E-state index is 14.2. The summed E-state index contributed by atoms with van der Waals surface area (Å²) in [6, 6.07) is 5.47. The van der Waals surface area contributed by atoms with Crippen molar-refractivity contribution in [1.29, 1.82) is 0 Å². The van der Waals surface area contributed by atoms with Crippen molar-refractivity contribution in [1.82, 2.24) is 5.32 Å². The van der Waals surface area contributed by atoms with E-state index in [0.29, 0.717) is 18.4 Å². The third-order valence-electron chi connectivity index (χ3n) is 4.03. The Kier molecular flexibility index (Phi) is 5.41. The van der Waals surface area contributed by atoms with E-state index >= 15 is 0 Å². The zero-order valence-electron chi connectivity index (χ0n) is 13.0. The molecule has 0 aliphatic carbocycles. The maximum absolute atomic E-state index is 14.2. The Labute approximate surface area is 122 Å². The molecule has 0 radical (unpaired) electrons. The Bertz CT molecular complexity index is 423. The zero-order chi connectivity index (χ0) is 14.5. The largest absolute Gasteiger partial charge is 0.371 e. The van der Waals surface area contributed by atoms with Crippen LogP contribution in [0.5, 0.6) is 0 Å². The molecule has 2 unspecified atom stereocenters. The average Bonchev–Trinajstić information content (AvgIpc) is 2.39. The second-order valence-corrected chi connectivity index (χ2v) is 6.27. The number of anilines is 1. The lowest BCUT2D eigenvalue weighted by atomic mass is 9.91. The fraction of sp³-hybridized carbons (Fsp3) is 0.647. The summed E-state index contributed by atoms with van der Waals surface area (Å²) in [6.45, 7) is 10.3. The first-order valence-corrected chi connectivity index (χ1v) is 7.84. The first-order valence-electron chi connectivity index (χ1n) is 7.84. The van der Waals surface area contributed by atoms with E-state index in [2.05, 4.69) is 37.1 Å². The van der Waals surface area contributed by atoms with Crippen LogP contribution in [0.2, 0.25) is 0 Å². The van der Waals surface area contributed by atoms with Gasteiger partial charge in [0.25, 0.3) is 0 Å². The van der Waals surface area contributed by atoms with Gasteiger partial charge in [-0.1, -0.05) is 26.8 Å². The Balaban J connectivity index is 2.19. The highest BCUT2D eigenvalue weighted by atomic mass is 19.1. The molecule has 0 saturated carbocycles. The van der Waals surface area contributed by atoms with Gasteiger partial charge in [0.15, 0.2) is 0 Å². The Hall–Kier alpha value is -1.09. The molecule has 1 aromatic rings. The number of rotatable bonds is 5. The Morgan fingerprint density at radius 3 is 2.60 bits per heavy atom. The zero-order valence-corrected chi connectivity index (χ0v) is 13.0. The van der Waals surface area contributed by atoms with Crippen molar-refractivity contribution >= 4 is 5.69 Å². The molecule has 0 aromatic heterocycles. The van der Waals surface area contributed by atoms with Gasteiger partial charge in [-0.2, -0.15) is 0 Å². The van der Waals surface area contributed by atoms with E-state index in [1.807, 2.05) is 6.07 Å². The second kappa shape index (κ2) is 7.07. The van der Waals surface area contributed by atoms with Gasteiger partial charge in [-0.05, 0) is 43.4 Å². The van der Waals surface area contributed by atoms with Crippen LogP contribution in [0.1, 0.15) is 39.2 Å². The quantitative estimate of drug-likeness (QED) is 0.824. The van der Waals surface area contributed by atoms with E-state index in [0.717, 1.165) is 37.3 Å². The molecule has 20 heavy (non-hydrogen) atoms. The summed E-state index contributed by atoms with van der Waals surface area (Å²) in [5.74, 6) is 1.27. The van der Waals surface area contributed by atoms with Crippen molar-refractivity contribution < 1.29 is 4.39 Å². The number of nitrogens with one attached hydrogen (secondary N) is 1. The van der Waals surface area contributed by atoms with Crippen LogP contribution in [0.4, 0.5) is 10.1 Å². The summed E-state index contributed by atoms with van der Waals surface area (Å²) in [5, 5.41) is 3.33. The lowest BCUT2D eigenvalue weighted by Gasteiger charge is -2.37. The van der Waals surface area contributed by atoms with Gasteiger partial charge < -0.3 is 10.2 Å². The van der Waals surface area contributed by atoms with E-state index in [9.17, 15) is 4.39 Å². The number of halogens is 1. The van der Waals surface area contributed by atoms with Crippen LogP contribution >= 0.6 is 0 Å². The number of benzene rings is 1. The molecule has 1 heterocycles. The highest BCUT2D eigenvalue weighted by Gasteiger charge is 2.24. The number of hydrogen-bond acceptors (Lipinski definition) is 2. The third kappa shape index (κ3) is 3.72. The summed E-state index contributed by atoms with van der Waals surface area (Å²) in [6.07, 6.45) is 2.34. The first-order chi connectivity index (χ1) is 9.61. The smallest absolute Gasteiger partial charge is 0.129 e. The lowest BCUT2D eigenvalue weighted by molar-refractivity contribution is 0.356. The minimum atomic E-state index is -0.0861. The van der Waals surface area contributed by atoms with Crippen molar-refractivity contribution in [3.05, 3.63) is 29.6 Å². The van der Waals surface area contributed by atoms with E-state index in [-0.39, 0.29) is 5.82 Å². The molecule has 112 valence electrons. The summed E-state index contributed by atoms with van der Waals surface area (Å²) in [7, 11) is 0. The Morgan fingerprint density at radius 1 is 1.25 bits per heavy atom. The normalized spacial score (nSPS) is 23.1. The molecule has 0 spiro atoms.